The number of nitrogens with zero attached hydrogens (tertiary/aromatic N) is 1. The van der Waals surface area contributed by atoms with E-state index in [4.69, 9.17) is 0 Å². The van der Waals surface area contributed by atoms with Crippen molar-refractivity contribution in [1.29, 1.82) is 0 Å². The molecule has 1 aliphatic carbocycles. The summed E-state index contributed by atoms with van der Waals surface area (Å²) in [4.78, 5) is 4.06. The van der Waals surface area contributed by atoms with E-state index < -0.39 is 0 Å². The van der Waals surface area contributed by atoms with Gasteiger partial charge >= 0.3 is 0 Å². The average molecular weight is 236 g/mol. The monoisotopic (exact) mass is 236 g/mol. The van der Waals surface area contributed by atoms with Crippen LogP contribution in [0, 0.1) is 0 Å². The van der Waals surface area contributed by atoms with Crippen LogP contribution in [0.4, 0.5) is 0 Å². The number of hydrogen-bond acceptors (Lipinski definition) is 3. The quantitative estimate of drug-likeness (QED) is 0.870. The maximum Gasteiger partial charge on any atom is 0.0295 e. The van der Waals surface area contributed by atoms with Gasteiger partial charge in [0.2, 0.25) is 0 Å². The van der Waals surface area contributed by atoms with Crippen LogP contribution in [-0.4, -0.2) is 22.5 Å². The third-order valence-electron chi connectivity index (χ3n) is 3.43. The van der Waals surface area contributed by atoms with E-state index in [2.05, 4.69) is 35.6 Å². The molecule has 0 bridgehead atoms. The van der Waals surface area contributed by atoms with E-state index in [1.165, 1.54) is 24.8 Å². The molecule has 1 aliphatic rings. The summed E-state index contributed by atoms with van der Waals surface area (Å²) in [5.41, 5.74) is 1.33. The normalized spacial score (nSPS) is 26.9. The van der Waals surface area contributed by atoms with E-state index in [0.717, 1.165) is 5.25 Å². The number of thioether (sulfide) groups is 1. The average Bonchev–Trinajstić information content (AvgIpc) is 2.77. The van der Waals surface area contributed by atoms with E-state index in [1.807, 2.05) is 24.2 Å². The summed E-state index contributed by atoms with van der Waals surface area (Å²) in [7, 11) is 0. The Bertz CT molecular complexity index is 315. The molecule has 2 nitrogen and oxygen atoms in total. The number of hydrogen-bond donors (Lipinski definition) is 1. The molecule has 1 N–H and O–H groups in total. The van der Waals surface area contributed by atoms with Gasteiger partial charge in [0.15, 0.2) is 0 Å². The van der Waals surface area contributed by atoms with Crippen LogP contribution in [0.15, 0.2) is 24.5 Å². The summed E-state index contributed by atoms with van der Waals surface area (Å²) in [5, 5.41) is 4.54. The van der Waals surface area contributed by atoms with Crippen LogP contribution >= 0.6 is 11.8 Å². The van der Waals surface area contributed by atoms with Crippen LogP contribution in [0.3, 0.4) is 0 Å². The summed E-state index contributed by atoms with van der Waals surface area (Å²) >= 11 is 2.00. The van der Waals surface area contributed by atoms with Crippen molar-refractivity contribution >= 4 is 11.8 Å². The summed E-state index contributed by atoms with van der Waals surface area (Å²) < 4.78 is 0. The highest BCUT2D eigenvalue weighted by molar-refractivity contribution is 7.99. The highest BCUT2D eigenvalue weighted by atomic mass is 32.2. The second-order valence-electron chi connectivity index (χ2n) is 4.48. The molecule has 0 amide bonds. The van der Waals surface area contributed by atoms with Crippen LogP contribution in [0.5, 0.6) is 0 Å². The van der Waals surface area contributed by atoms with Gasteiger partial charge in [-0.25, -0.2) is 0 Å². The first-order chi connectivity index (χ1) is 7.81. The fourth-order valence-electron chi connectivity index (χ4n) is 2.47. The fourth-order valence-corrected chi connectivity index (χ4v) is 3.41. The maximum atomic E-state index is 4.06. The summed E-state index contributed by atoms with van der Waals surface area (Å²) in [6.07, 6.45) is 10.0. The largest absolute Gasteiger partial charge is 0.306 e. The minimum Gasteiger partial charge on any atom is -0.306 e. The van der Waals surface area contributed by atoms with Gasteiger partial charge in [-0.05, 0) is 43.7 Å². The molecular weight excluding hydrogens is 216 g/mol. The number of aromatic nitrogens is 1. The topological polar surface area (TPSA) is 24.9 Å². The molecule has 1 aromatic heterocycles. The zero-order chi connectivity index (χ0) is 11.4. The lowest BCUT2D eigenvalue weighted by molar-refractivity contribution is 0.467. The van der Waals surface area contributed by atoms with Crippen LogP contribution in [0.1, 0.15) is 37.8 Å². The molecule has 1 aromatic rings. The van der Waals surface area contributed by atoms with Gasteiger partial charge in [0.1, 0.15) is 0 Å². The Morgan fingerprint density at radius 1 is 1.38 bits per heavy atom. The van der Waals surface area contributed by atoms with E-state index in [1.54, 1.807) is 0 Å². The van der Waals surface area contributed by atoms with Crippen molar-refractivity contribution in [2.24, 2.45) is 0 Å². The van der Waals surface area contributed by atoms with Crippen molar-refractivity contribution in [2.45, 2.75) is 43.5 Å². The zero-order valence-electron chi connectivity index (χ0n) is 10.0. The Labute approximate surface area is 102 Å². The third kappa shape index (κ3) is 2.77. The fraction of sp³-hybridized carbons (Fsp3) is 0.615. The van der Waals surface area contributed by atoms with Crippen LogP contribution in [0.2, 0.25) is 0 Å². The van der Waals surface area contributed by atoms with Gasteiger partial charge in [-0.1, -0.05) is 6.42 Å². The van der Waals surface area contributed by atoms with Crippen molar-refractivity contribution in [3.8, 4) is 0 Å². The molecule has 2 rings (SSSR count). The van der Waals surface area contributed by atoms with Gasteiger partial charge < -0.3 is 5.32 Å². The van der Waals surface area contributed by atoms with E-state index in [9.17, 15) is 0 Å². The predicted octanol–water partition coefficient (Wildman–Crippen LogP) is 3.02. The van der Waals surface area contributed by atoms with Gasteiger partial charge in [-0.2, -0.15) is 11.8 Å². The van der Waals surface area contributed by atoms with Gasteiger partial charge in [-0.15, -0.1) is 0 Å². The second kappa shape index (κ2) is 5.69. The molecule has 0 radical (unpaired) electrons. The lowest BCUT2D eigenvalue weighted by atomic mass is 10.1. The van der Waals surface area contributed by atoms with Gasteiger partial charge in [0.05, 0.1) is 0 Å². The summed E-state index contributed by atoms with van der Waals surface area (Å²) in [6, 6.07) is 5.31. The van der Waals surface area contributed by atoms with Crippen molar-refractivity contribution in [1.82, 2.24) is 10.3 Å². The Kier molecular flexibility index (Phi) is 4.24. The maximum absolute atomic E-state index is 4.06. The molecule has 0 aliphatic heterocycles. The lowest BCUT2D eigenvalue weighted by Gasteiger charge is -2.24. The zero-order valence-corrected chi connectivity index (χ0v) is 10.8. The Hall–Kier alpha value is -0.540. The smallest absolute Gasteiger partial charge is 0.0295 e. The van der Waals surface area contributed by atoms with Crippen molar-refractivity contribution in [3.63, 3.8) is 0 Å². The predicted molar refractivity (Wildman–Crippen MR) is 70.7 cm³/mol. The lowest BCUT2D eigenvalue weighted by Crippen LogP contribution is -2.35. The highest BCUT2D eigenvalue weighted by Gasteiger charge is 2.27. The molecule has 0 saturated heterocycles. The van der Waals surface area contributed by atoms with E-state index >= 15 is 0 Å². The first-order valence-corrected chi connectivity index (χ1v) is 7.29. The molecular formula is C13H20N2S. The molecule has 1 saturated carbocycles. The minimum absolute atomic E-state index is 0.431. The number of nitrogens with one attached hydrogen (secondary N) is 1. The molecule has 3 heteroatoms. The second-order valence-corrected chi connectivity index (χ2v) is 5.56. The standard InChI is InChI=1S/C13H20N2S/c1-10(11-6-8-14-9-7-11)15-12-4-3-5-13(12)16-2/h6-10,12-13,15H,3-5H2,1-2H3. The highest BCUT2D eigenvalue weighted by Crippen LogP contribution is 2.30. The molecule has 1 fully saturated rings. The molecule has 16 heavy (non-hydrogen) atoms. The SMILES string of the molecule is CSC1CCCC1NC(C)c1ccncc1. The van der Waals surface area contributed by atoms with Crippen molar-refractivity contribution < 1.29 is 0 Å². The molecule has 88 valence electrons. The Balaban J connectivity index is 1.94. The van der Waals surface area contributed by atoms with Crippen LogP contribution in [0.25, 0.3) is 0 Å². The Morgan fingerprint density at radius 3 is 2.81 bits per heavy atom. The first-order valence-electron chi connectivity index (χ1n) is 6.00. The third-order valence-corrected chi connectivity index (χ3v) is 4.60. The first kappa shape index (κ1) is 11.9. The molecule has 1 heterocycles. The van der Waals surface area contributed by atoms with Gasteiger partial charge in [-0.3, -0.25) is 4.98 Å². The van der Waals surface area contributed by atoms with Gasteiger partial charge in [0.25, 0.3) is 0 Å². The van der Waals surface area contributed by atoms with Crippen LogP contribution in [-0.2, 0) is 0 Å². The Morgan fingerprint density at radius 2 is 2.12 bits per heavy atom. The number of rotatable bonds is 4. The van der Waals surface area contributed by atoms with Gasteiger partial charge in [0, 0.05) is 29.7 Å². The minimum atomic E-state index is 0.431. The molecule has 0 aromatic carbocycles. The van der Waals surface area contributed by atoms with Crippen LogP contribution < -0.4 is 5.32 Å². The summed E-state index contributed by atoms with van der Waals surface area (Å²) in [6.45, 7) is 2.24. The summed E-state index contributed by atoms with van der Waals surface area (Å²) in [5.74, 6) is 0. The van der Waals surface area contributed by atoms with Crippen molar-refractivity contribution in [3.05, 3.63) is 30.1 Å². The molecule has 0 spiro atoms. The number of pyridine rings is 1. The van der Waals surface area contributed by atoms with Crippen molar-refractivity contribution in [2.75, 3.05) is 6.26 Å². The molecule has 3 atom stereocenters. The molecule has 3 unspecified atom stereocenters. The van der Waals surface area contributed by atoms with E-state index in [0.29, 0.717) is 12.1 Å². The van der Waals surface area contributed by atoms with E-state index in [-0.39, 0.29) is 0 Å².